The normalized spacial score (nSPS) is 15.1. The number of fused-ring (bicyclic) bond motifs is 1. The number of amides is 1. The zero-order chi connectivity index (χ0) is 26.7. The Balaban J connectivity index is 1.95. The van der Waals surface area contributed by atoms with Gasteiger partial charge in [-0.3, -0.25) is 14.2 Å². The van der Waals surface area contributed by atoms with Crippen LogP contribution in [0.5, 0.6) is 11.5 Å². The Kier molecular flexibility index (Phi) is 8.57. The van der Waals surface area contributed by atoms with E-state index in [-0.39, 0.29) is 23.3 Å². The monoisotopic (exact) mass is 569 g/mol. The Bertz CT molecular complexity index is 1330. The second-order valence-electron chi connectivity index (χ2n) is 10.2. The smallest absolute Gasteiger partial charge is 0.266 e. The quantitative estimate of drug-likeness (QED) is 0.318. The van der Waals surface area contributed by atoms with Crippen molar-refractivity contribution >= 4 is 32.7 Å². The third-order valence-corrected chi connectivity index (χ3v) is 7.93. The maximum Gasteiger partial charge on any atom is 0.266 e. The number of hydrogen-bond donors (Lipinski definition) is 0. The first-order chi connectivity index (χ1) is 17.8. The number of aromatic nitrogens is 2. The van der Waals surface area contributed by atoms with Crippen molar-refractivity contribution in [2.45, 2.75) is 58.9 Å². The lowest BCUT2D eigenvalue weighted by Gasteiger charge is -2.35. The van der Waals surface area contributed by atoms with Crippen molar-refractivity contribution in [2.75, 3.05) is 20.8 Å². The summed E-state index contributed by atoms with van der Waals surface area (Å²) in [7, 11) is 3.14. The van der Waals surface area contributed by atoms with Gasteiger partial charge in [0.1, 0.15) is 17.3 Å². The molecule has 1 unspecified atom stereocenters. The van der Waals surface area contributed by atoms with E-state index in [4.69, 9.17) is 14.5 Å². The summed E-state index contributed by atoms with van der Waals surface area (Å²) < 4.78 is 13.3. The van der Waals surface area contributed by atoms with E-state index in [1.54, 1.807) is 37.0 Å². The van der Waals surface area contributed by atoms with E-state index in [0.717, 1.165) is 25.7 Å². The lowest BCUT2D eigenvalue weighted by Crippen LogP contribution is -2.43. The lowest BCUT2D eigenvalue weighted by molar-refractivity contribution is -0.139. The fourth-order valence-corrected chi connectivity index (χ4v) is 5.77. The van der Waals surface area contributed by atoms with Gasteiger partial charge in [-0.25, -0.2) is 4.98 Å². The molecule has 1 aliphatic carbocycles. The van der Waals surface area contributed by atoms with Crippen molar-refractivity contribution in [3.05, 3.63) is 57.0 Å². The van der Waals surface area contributed by atoms with Crippen LogP contribution < -0.4 is 15.0 Å². The van der Waals surface area contributed by atoms with Crippen LogP contribution in [0.2, 0.25) is 0 Å². The molecule has 1 aromatic heterocycles. The maximum atomic E-state index is 14.0. The SMILES string of the molecule is COc1cc(OC)c(Br)c(-n2c(C(C)N(CC(C)C)C(=O)C3CCCCC3)nc3ccccc3c2=O)c1. The third-order valence-electron chi connectivity index (χ3n) is 7.13. The van der Waals surface area contributed by atoms with Crippen molar-refractivity contribution in [2.24, 2.45) is 11.8 Å². The van der Waals surface area contributed by atoms with Crippen LogP contribution in [-0.4, -0.2) is 41.1 Å². The zero-order valence-electron chi connectivity index (χ0n) is 22.3. The van der Waals surface area contributed by atoms with Crippen LogP contribution in [0.3, 0.4) is 0 Å². The molecule has 1 saturated carbocycles. The van der Waals surface area contributed by atoms with Crippen LogP contribution >= 0.6 is 15.9 Å². The van der Waals surface area contributed by atoms with Gasteiger partial charge in [0.05, 0.1) is 41.3 Å². The highest BCUT2D eigenvalue weighted by atomic mass is 79.9. The van der Waals surface area contributed by atoms with E-state index in [1.165, 1.54) is 6.42 Å². The average molecular weight is 571 g/mol. The summed E-state index contributed by atoms with van der Waals surface area (Å²) in [5.41, 5.74) is 0.945. The first kappa shape index (κ1) is 27.2. The van der Waals surface area contributed by atoms with E-state index >= 15 is 0 Å². The standard InChI is InChI=1S/C29H36BrN3O4/c1-18(2)17-32(28(34)20-11-7-6-8-12-20)19(3)27-31-23-14-10-9-13-22(23)29(35)33(27)24-15-21(36-4)16-25(37-5)26(24)30/h9-10,13-16,18-20H,6-8,11-12,17H2,1-5H3. The summed E-state index contributed by atoms with van der Waals surface area (Å²) in [5, 5.41) is 0.501. The molecule has 0 N–H and O–H groups in total. The van der Waals surface area contributed by atoms with Gasteiger partial charge in [-0.05, 0) is 53.7 Å². The van der Waals surface area contributed by atoms with Gasteiger partial charge in [0.15, 0.2) is 0 Å². The summed E-state index contributed by atoms with van der Waals surface area (Å²) in [4.78, 5) is 34.8. The van der Waals surface area contributed by atoms with E-state index < -0.39 is 6.04 Å². The largest absolute Gasteiger partial charge is 0.497 e. The van der Waals surface area contributed by atoms with Gasteiger partial charge < -0.3 is 14.4 Å². The molecular weight excluding hydrogens is 534 g/mol. The van der Waals surface area contributed by atoms with Gasteiger partial charge in [-0.1, -0.05) is 45.2 Å². The van der Waals surface area contributed by atoms with E-state index in [9.17, 15) is 9.59 Å². The molecule has 0 saturated heterocycles. The molecule has 4 rings (SSSR count). The molecule has 1 fully saturated rings. The average Bonchev–Trinajstić information content (AvgIpc) is 2.91. The van der Waals surface area contributed by atoms with Crippen LogP contribution in [-0.2, 0) is 4.79 Å². The number of para-hydroxylation sites is 1. The maximum absolute atomic E-state index is 14.0. The molecule has 198 valence electrons. The third kappa shape index (κ3) is 5.54. The highest BCUT2D eigenvalue weighted by Gasteiger charge is 2.33. The molecule has 1 aliphatic rings. The number of methoxy groups -OCH3 is 2. The van der Waals surface area contributed by atoms with Crippen LogP contribution in [0.25, 0.3) is 16.6 Å². The summed E-state index contributed by atoms with van der Waals surface area (Å²) in [5.74, 6) is 2.01. The van der Waals surface area contributed by atoms with Crippen molar-refractivity contribution < 1.29 is 14.3 Å². The molecular formula is C29H36BrN3O4. The summed E-state index contributed by atoms with van der Waals surface area (Å²) in [6, 6.07) is 10.4. The van der Waals surface area contributed by atoms with Crippen LogP contribution in [0.4, 0.5) is 0 Å². The van der Waals surface area contributed by atoms with Gasteiger partial charge in [0.2, 0.25) is 5.91 Å². The second kappa shape index (κ2) is 11.7. The Labute approximate surface area is 226 Å². The molecule has 0 bridgehead atoms. The van der Waals surface area contributed by atoms with Crippen LogP contribution in [0.1, 0.15) is 64.7 Å². The number of ether oxygens (including phenoxy) is 2. The first-order valence-corrected chi connectivity index (χ1v) is 13.8. The number of benzene rings is 2. The molecule has 7 nitrogen and oxygen atoms in total. The number of rotatable bonds is 8. The van der Waals surface area contributed by atoms with Gasteiger partial charge in [0.25, 0.3) is 5.56 Å². The van der Waals surface area contributed by atoms with E-state index in [1.807, 2.05) is 30.0 Å². The Morgan fingerprint density at radius 1 is 1.11 bits per heavy atom. The number of carbonyl (C=O) groups is 1. The van der Waals surface area contributed by atoms with Crippen molar-refractivity contribution in [3.8, 4) is 17.2 Å². The predicted molar refractivity (Wildman–Crippen MR) is 150 cm³/mol. The fourth-order valence-electron chi connectivity index (χ4n) is 5.21. The number of nitrogens with zero attached hydrogens (tertiary/aromatic N) is 3. The molecule has 0 radical (unpaired) electrons. The lowest BCUT2D eigenvalue weighted by atomic mass is 9.87. The molecule has 1 atom stereocenters. The Morgan fingerprint density at radius 3 is 2.46 bits per heavy atom. The number of halogens is 1. The molecule has 8 heteroatoms. The predicted octanol–water partition coefficient (Wildman–Crippen LogP) is 6.29. The molecule has 1 amide bonds. The zero-order valence-corrected chi connectivity index (χ0v) is 23.9. The molecule has 3 aromatic rings. The molecule has 2 aromatic carbocycles. The fraction of sp³-hybridized carbons (Fsp3) is 0.483. The molecule has 37 heavy (non-hydrogen) atoms. The van der Waals surface area contributed by atoms with Crippen LogP contribution in [0, 0.1) is 11.8 Å². The first-order valence-electron chi connectivity index (χ1n) is 13.0. The number of carbonyl (C=O) groups excluding carboxylic acids is 1. The minimum atomic E-state index is -0.432. The highest BCUT2D eigenvalue weighted by molar-refractivity contribution is 9.10. The van der Waals surface area contributed by atoms with E-state index in [2.05, 4.69) is 29.8 Å². The van der Waals surface area contributed by atoms with Crippen molar-refractivity contribution in [3.63, 3.8) is 0 Å². The van der Waals surface area contributed by atoms with Gasteiger partial charge >= 0.3 is 0 Å². The molecule has 0 aliphatic heterocycles. The Morgan fingerprint density at radius 2 is 1.81 bits per heavy atom. The summed E-state index contributed by atoms with van der Waals surface area (Å²) in [6.07, 6.45) is 5.17. The minimum absolute atomic E-state index is 0.0132. The second-order valence-corrected chi connectivity index (χ2v) is 11.0. The molecule has 0 spiro atoms. The van der Waals surface area contributed by atoms with Gasteiger partial charge in [-0.15, -0.1) is 0 Å². The summed E-state index contributed by atoms with van der Waals surface area (Å²) in [6.45, 7) is 6.78. The summed E-state index contributed by atoms with van der Waals surface area (Å²) >= 11 is 3.64. The molecule has 1 heterocycles. The van der Waals surface area contributed by atoms with E-state index in [0.29, 0.717) is 44.9 Å². The van der Waals surface area contributed by atoms with Crippen molar-refractivity contribution in [1.82, 2.24) is 14.5 Å². The van der Waals surface area contributed by atoms with Gasteiger partial charge in [-0.2, -0.15) is 0 Å². The van der Waals surface area contributed by atoms with Crippen LogP contribution in [0.15, 0.2) is 45.7 Å². The minimum Gasteiger partial charge on any atom is -0.497 e. The Hall–Kier alpha value is -2.87. The topological polar surface area (TPSA) is 73.7 Å². The highest BCUT2D eigenvalue weighted by Crippen LogP contribution is 2.37. The number of hydrogen-bond acceptors (Lipinski definition) is 5. The van der Waals surface area contributed by atoms with Crippen molar-refractivity contribution in [1.29, 1.82) is 0 Å². The van der Waals surface area contributed by atoms with Gasteiger partial charge in [0, 0.05) is 24.6 Å².